The fourth-order valence-corrected chi connectivity index (χ4v) is 4.58. The average molecular weight is 334 g/mol. The van der Waals surface area contributed by atoms with Crippen molar-refractivity contribution >= 4 is 19.0 Å². The van der Waals surface area contributed by atoms with Crippen LogP contribution in [0.15, 0.2) is 72.8 Å². The fourth-order valence-electron chi connectivity index (χ4n) is 2.82. The topological polar surface area (TPSA) is 35.5 Å². The molecule has 4 rings (SSSR count). The van der Waals surface area contributed by atoms with E-state index in [4.69, 9.17) is 9.26 Å². The standard InChI is InChI=1S/C20H15O3P/c1-22-15-8-6-7-14(13-15)20(21)24-19-12-5-3-10-17(19)16-9-2-4-11-18(16)23-24/h2-13H,1H3. The van der Waals surface area contributed by atoms with E-state index in [9.17, 15) is 4.79 Å². The summed E-state index contributed by atoms with van der Waals surface area (Å²) in [5, 5.41) is 0.957. The van der Waals surface area contributed by atoms with Crippen LogP contribution in [0.2, 0.25) is 0 Å². The van der Waals surface area contributed by atoms with Gasteiger partial charge in [0.15, 0.2) is 8.15 Å². The van der Waals surface area contributed by atoms with Gasteiger partial charge in [-0.3, -0.25) is 4.79 Å². The van der Waals surface area contributed by atoms with Gasteiger partial charge in [0.25, 0.3) is 0 Å². The number of ether oxygens (including phenoxy) is 1. The first-order chi connectivity index (χ1) is 11.8. The monoisotopic (exact) mass is 334 g/mol. The van der Waals surface area contributed by atoms with E-state index in [1.165, 1.54) is 0 Å². The predicted molar refractivity (Wildman–Crippen MR) is 96.4 cm³/mol. The first-order valence-corrected chi connectivity index (χ1v) is 8.89. The van der Waals surface area contributed by atoms with Gasteiger partial charge in [-0.25, -0.2) is 0 Å². The van der Waals surface area contributed by atoms with Gasteiger partial charge in [-0.05, 0) is 23.8 Å². The first kappa shape index (κ1) is 14.9. The molecule has 0 saturated heterocycles. The Morgan fingerprint density at radius 3 is 2.50 bits per heavy atom. The van der Waals surface area contributed by atoms with Gasteiger partial charge in [0, 0.05) is 16.4 Å². The molecule has 0 fully saturated rings. The zero-order chi connectivity index (χ0) is 16.5. The van der Waals surface area contributed by atoms with Crippen molar-refractivity contribution in [3.63, 3.8) is 0 Å². The van der Waals surface area contributed by atoms with E-state index >= 15 is 0 Å². The van der Waals surface area contributed by atoms with Crippen LogP contribution < -0.4 is 14.6 Å². The lowest BCUT2D eigenvalue weighted by molar-refractivity contribution is 0.107. The minimum absolute atomic E-state index is 0.00847. The molecule has 4 heteroatoms. The van der Waals surface area contributed by atoms with Crippen molar-refractivity contribution in [2.75, 3.05) is 7.11 Å². The third-order valence-corrected chi connectivity index (χ3v) is 5.82. The zero-order valence-corrected chi connectivity index (χ0v) is 14.0. The molecule has 3 aromatic carbocycles. The summed E-state index contributed by atoms with van der Waals surface area (Å²) in [5.41, 5.74) is 2.70. The summed E-state index contributed by atoms with van der Waals surface area (Å²) in [4.78, 5) is 13.1. The van der Waals surface area contributed by atoms with Crippen LogP contribution in [0, 0.1) is 0 Å². The molecule has 1 heterocycles. The predicted octanol–water partition coefficient (Wildman–Crippen LogP) is 4.62. The van der Waals surface area contributed by atoms with Gasteiger partial charge in [-0.15, -0.1) is 0 Å². The van der Waals surface area contributed by atoms with E-state index in [0.717, 1.165) is 22.2 Å². The molecular weight excluding hydrogens is 319 g/mol. The molecule has 0 radical (unpaired) electrons. The molecule has 118 valence electrons. The molecule has 1 aliphatic rings. The molecule has 0 spiro atoms. The van der Waals surface area contributed by atoms with Crippen LogP contribution >= 0.6 is 8.15 Å². The van der Waals surface area contributed by atoms with E-state index in [1.807, 2.05) is 60.7 Å². The maximum absolute atomic E-state index is 13.1. The van der Waals surface area contributed by atoms with Crippen LogP contribution in [0.4, 0.5) is 0 Å². The van der Waals surface area contributed by atoms with Crippen LogP contribution in [0.5, 0.6) is 11.5 Å². The minimum atomic E-state index is -1.42. The second-order valence-electron chi connectivity index (χ2n) is 5.44. The van der Waals surface area contributed by atoms with Crippen LogP contribution in [0.1, 0.15) is 10.4 Å². The molecule has 0 N–H and O–H groups in total. The fraction of sp³-hybridized carbons (Fsp3) is 0.0500. The molecule has 0 saturated carbocycles. The van der Waals surface area contributed by atoms with Crippen LogP contribution in [-0.4, -0.2) is 12.6 Å². The number of carbonyl (C=O) groups excluding carboxylic acids is 1. The molecule has 0 amide bonds. The highest BCUT2D eigenvalue weighted by Gasteiger charge is 2.32. The van der Waals surface area contributed by atoms with Crippen LogP contribution in [0.25, 0.3) is 11.1 Å². The van der Waals surface area contributed by atoms with Crippen molar-refractivity contribution in [1.29, 1.82) is 0 Å². The molecule has 1 unspecified atom stereocenters. The maximum Gasteiger partial charge on any atom is 0.228 e. The van der Waals surface area contributed by atoms with Crippen molar-refractivity contribution in [1.82, 2.24) is 0 Å². The summed E-state index contributed by atoms with van der Waals surface area (Å²) in [7, 11) is 0.171. The van der Waals surface area contributed by atoms with E-state index in [0.29, 0.717) is 11.3 Å². The van der Waals surface area contributed by atoms with Crippen molar-refractivity contribution < 1.29 is 14.1 Å². The summed E-state index contributed by atoms with van der Waals surface area (Å²) in [5.74, 6) is 1.43. The summed E-state index contributed by atoms with van der Waals surface area (Å²) in [6.45, 7) is 0. The Morgan fingerprint density at radius 1 is 0.917 bits per heavy atom. The van der Waals surface area contributed by atoms with E-state index < -0.39 is 8.15 Å². The quantitative estimate of drug-likeness (QED) is 0.656. The Bertz CT molecular complexity index is 920. The Balaban J connectivity index is 1.80. The Labute approximate surface area is 141 Å². The summed E-state index contributed by atoms with van der Waals surface area (Å²) in [6, 6.07) is 23.0. The molecule has 1 aliphatic heterocycles. The highest BCUT2D eigenvalue weighted by molar-refractivity contribution is 7.78. The zero-order valence-electron chi connectivity index (χ0n) is 13.1. The van der Waals surface area contributed by atoms with Gasteiger partial charge in [-0.2, -0.15) is 0 Å². The maximum atomic E-state index is 13.1. The number of para-hydroxylation sites is 1. The molecule has 0 aliphatic carbocycles. The molecule has 0 aromatic heterocycles. The average Bonchev–Trinajstić information content (AvgIpc) is 2.67. The number of fused-ring (bicyclic) bond motifs is 3. The van der Waals surface area contributed by atoms with Crippen molar-refractivity contribution in [2.45, 2.75) is 0 Å². The van der Waals surface area contributed by atoms with Crippen LogP contribution in [-0.2, 0) is 0 Å². The molecule has 3 nitrogen and oxygen atoms in total. The number of benzene rings is 3. The van der Waals surface area contributed by atoms with Crippen molar-refractivity contribution in [3.8, 4) is 22.6 Å². The summed E-state index contributed by atoms with van der Waals surface area (Å²) in [6.07, 6.45) is 0. The Kier molecular flexibility index (Phi) is 3.79. The lowest BCUT2D eigenvalue weighted by atomic mass is 10.0. The van der Waals surface area contributed by atoms with E-state index in [1.54, 1.807) is 19.2 Å². The summed E-state index contributed by atoms with van der Waals surface area (Å²) >= 11 is 0. The van der Waals surface area contributed by atoms with Crippen LogP contribution in [0.3, 0.4) is 0 Å². The lowest BCUT2D eigenvalue weighted by Crippen LogP contribution is -2.19. The van der Waals surface area contributed by atoms with Gasteiger partial charge < -0.3 is 9.26 Å². The second-order valence-corrected chi connectivity index (χ2v) is 7.10. The minimum Gasteiger partial charge on any atom is -0.497 e. The number of hydrogen-bond donors (Lipinski definition) is 0. The second kappa shape index (κ2) is 6.10. The van der Waals surface area contributed by atoms with E-state index in [-0.39, 0.29) is 5.52 Å². The lowest BCUT2D eigenvalue weighted by Gasteiger charge is -2.27. The van der Waals surface area contributed by atoms with Gasteiger partial charge in [0.05, 0.1) is 7.11 Å². The normalized spacial score (nSPS) is 15.0. The number of hydrogen-bond acceptors (Lipinski definition) is 3. The number of carbonyl (C=O) groups is 1. The largest absolute Gasteiger partial charge is 0.497 e. The van der Waals surface area contributed by atoms with Gasteiger partial charge in [0.2, 0.25) is 5.52 Å². The smallest absolute Gasteiger partial charge is 0.228 e. The highest BCUT2D eigenvalue weighted by atomic mass is 31.1. The van der Waals surface area contributed by atoms with Crippen molar-refractivity contribution in [2.24, 2.45) is 0 Å². The van der Waals surface area contributed by atoms with Gasteiger partial charge in [0.1, 0.15) is 11.5 Å². The number of methoxy groups -OCH3 is 1. The molecule has 3 aromatic rings. The SMILES string of the molecule is COc1cccc(C(=O)P2Oc3ccccc3-c3ccccc32)c1. The van der Waals surface area contributed by atoms with Gasteiger partial charge >= 0.3 is 0 Å². The molecular formula is C20H15O3P. The highest BCUT2D eigenvalue weighted by Crippen LogP contribution is 2.50. The van der Waals surface area contributed by atoms with Crippen molar-refractivity contribution in [3.05, 3.63) is 78.4 Å². The summed E-state index contributed by atoms with van der Waals surface area (Å²) < 4.78 is 11.4. The third-order valence-electron chi connectivity index (χ3n) is 3.99. The first-order valence-electron chi connectivity index (χ1n) is 7.63. The third kappa shape index (κ3) is 2.47. The Morgan fingerprint density at radius 2 is 1.67 bits per heavy atom. The number of rotatable bonds is 3. The molecule has 24 heavy (non-hydrogen) atoms. The van der Waals surface area contributed by atoms with Gasteiger partial charge in [-0.1, -0.05) is 54.6 Å². The van der Waals surface area contributed by atoms with E-state index in [2.05, 4.69) is 0 Å². The molecule has 0 bridgehead atoms. The Hall–Kier alpha value is -2.64. The molecule has 1 atom stereocenters.